The van der Waals surface area contributed by atoms with Gasteiger partial charge < -0.3 is 0 Å². The van der Waals surface area contributed by atoms with Crippen molar-refractivity contribution in [1.82, 2.24) is 9.97 Å². The van der Waals surface area contributed by atoms with Crippen LogP contribution in [0.25, 0.3) is 110 Å². The highest BCUT2D eigenvalue weighted by Crippen LogP contribution is 2.52. The Morgan fingerprint density at radius 3 is 1.59 bits per heavy atom. The Bertz CT molecular complexity index is 3490. The average molecular weight is 751 g/mol. The fourth-order valence-corrected chi connectivity index (χ4v) is 9.97. The Kier molecular flexibility index (Phi) is 7.31. The highest BCUT2D eigenvalue weighted by atomic mass is 14.9. The molecule has 0 saturated carbocycles. The molecule has 2 nitrogen and oxygen atoms in total. The van der Waals surface area contributed by atoms with E-state index >= 15 is 0 Å². The van der Waals surface area contributed by atoms with Gasteiger partial charge in [-0.05, 0) is 105 Å². The topological polar surface area (TPSA) is 25.8 Å². The van der Waals surface area contributed by atoms with E-state index in [1.807, 2.05) is 6.07 Å². The Morgan fingerprint density at radius 1 is 0.322 bits per heavy atom. The molecule has 276 valence electrons. The van der Waals surface area contributed by atoms with E-state index in [1.165, 1.54) is 87.2 Å². The van der Waals surface area contributed by atoms with Gasteiger partial charge in [0.25, 0.3) is 0 Å². The number of nitrogens with zero attached hydrogens (tertiary/aromatic N) is 2. The molecule has 1 aliphatic carbocycles. The quantitative estimate of drug-likeness (QED) is 0.167. The number of hydrogen-bond acceptors (Lipinski definition) is 2. The van der Waals surface area contributed by atoms with Crippen LogP contribution in [0.4, 0.5) is 0 Å². The summed E-state index contributed by atoms with van der Waals surface area (Å²) in [5.74, 6) is 0.711. The van der Waals surface area contributed by atoms with Crippen LogP contribution < -0.4 is 0 Å². The van der Waals surface area contributed by atoms with Gasteiger partial charge in [-0.3, -0.25) is 0 Å². The second-order valence-electron chi connectivity index (χ2n) is 16.5. The van der Waals surface area contributed by atoms with Crippen molar-refractivity contribution in [3.63, 3.8) is 0 Å². The Balaban J connectivity index is 1.03. The molecule has 11 aromatic rings. The molecule has 0 saturated heterocycles. The van der Waals surface area contributed by atoms with E-state index in [0.717, 1.165) is 28.1 Å². The predicted octanol–water partition coefficient (Wildman–Crippen LogP) is 15.2. The molecule has 0 spiro atoms. The van der Waals surface area contributed by atoms with Crippen LogP contribution >= 0.6 is 0 Å². The SMILES string of the molecule is CC1(C)c2cc(-c3ccc(-c4cc(-c5ccc6c7ccccc7c7ccccc7c6c5)nc(-c5ccccc5)n4)c4ccccc34)ccc2-c2c1ccc1ccccc21. The lowest BCUT2D eigenvalue weighted by Gasteiger charge is -2.22. The number of benzene rings is 10. The van der Waals surface area contributed by atoms with Gasteiger partial charge in [0.05, 0.1) is 11.4 Å². The molecule has 1 aromatic heterocycles. The molecule has 12 rings (SSSR count). The molecule has 1 heterocycles. The van der Waals surface area contributed by atoms with Gasteiger partial charge in [-0.2, -0.15) is 0 Å². The zero-order valence-corrected chi connectivity index (χ0v) is 32.9. The third kappa shape index (κ3) is 5.13. The first kappa shape index (κ1) is 33.7. The van der Waals surface area contributed by atoms with Crippen LogP contribution in [0.1, 0.15) is 25.0 Å². The van der Waals surface area contributed by atoms with Gasteiger partial charge >= 0.3 is 0 Å². The van der Waals surface area contributed by atoms with Crippen LogP contribution in [0.3, 0.4) is 0 Å². The van der Waals surface area contributed by atoms with Crippen molar-refractivity contribution in [2.24, 2.45) is 0 Å². The second-order valence-corrected chi connectivity index (χ2v) is 16.5. The van der Waals surface area contributed by atoms with Crippen LogP contribution in [0.2, 0.25) is 0 Å². The number of hydrogen-bond donors (Lipinski definition) is 0. The zero-order chi connectivity index (χ0) is 39.2. The minimum absolute atomic E-state index is 0.117. The van der Waals surface area contributed by atoms with Gasteiger partial charge in [0, 0.05) is 22.1 Å². The van der Waals surface area contributed by atoms with Crippen molar-refractivity contribution in [3.8, 4) is 56.2 Å². The highest BCUT2D eigenvalue weighted by Gasteiger charge is 2.36. The summed E-state index contributed by atoms with van der Waals surface area (Å²) in [6, 6.07) is 70.7. The number of rotatable bonds is 4. The van der Waals surface area contributed by atoms with Crippen LogP contribution in [0.5, 0.6) is 0 Å². The molecule has 0 N–H and O–H groups in total. The molecule has 0 unspecified atom stereocenters. The lowest BCUT2D eigenvalue weighted by Crippen LogP contribution is -2.15. The molecule has 1 aliphatic rings. The minimum atomic E-state index is -0.117. The normalized spacial score (nSPS) is 13.1. The van der Waals surface area contributed by atoms with E-state index < -0.39 is 0 Å². The molecule has 2 heteroatoms. The molecule has 0 radical (unpaired) electrons. The molecule has 59 heavy (non-hydrogen) atoms. The van der Waals surface area contributed by atoms with Crippen molar-refractivity contribution >= 4 is 53.9 Å². The number of fused-ring (bicyclic) bond motifs is 12. The van der Waals surface area contributed by atoms with Gasteiger partial charge in [0.1, 0.15) is 0 Å². The summed E-state index contributed by atoms with van der Waals surface area (Å²) in [7, 11) is 0. The minimum Gasteiger partial charge on any atom is -0.228 e. The summed E-state index contributed by atoms with van der Waals surface area (Å²) in [5, 5.41) is 12.5. The molecule has 0 atom stereocenters. The maximum atomic E-state index is 5.31. The fourth-order valence-electron chi connectivity index (χ4n) is 9.97. The average Bonchev–Trinajstić information content (AvgIpc) is 3.54. The van der Waals surface area contributed by atoms with Crippen molar-refractivity contribution in [1.29, 1.82) is 0 Å². The zero-order valence-electron chi connectivity index (χ0n) is 32.9. The van der Waals surface area contributed by atoms with Crippen LogP contribution in [0.15, 0.2) is 194 Å². The van der Waals surface area contributed by atoms with Gasteiger partial charge in [-0.1, -0.05) is 190 Å². The summed E-state index contributed by atoms with van der Waals surface area (Å²) < 4.78 is 0. The van der Waals surface area contributed by atoms with E-state index in [2.05, 4.69) is 202 Å². The van der Waals surface area contributed by atoms with Gasteiger partial charge in [-0.15, -0.1) is 0 Å². The Labute approximate surface area is 343 Å². The van der Waals surface area contributed by atoms with Crippen LogP contribution in [-0.2, 0) is 5.41 Å². The molecular weight excluding hydrogens is 713 g/mol. The predicted molar refractivity (Wildman–Crippen MR) is 249 cm³/mol. The maximum absolute atomic E-state index is 5.31. The number of aromatic nitrogens is 2. The lowest BCUT2D eigenvalue weighted by atomic mass is 9.81. The largest absolute Gasteiger partial charge is 0.228 e. The van der Waals surface area contributed by atoms with Crippen molar-refractivity contribution < 1.29 is 0 Å². The summed E-state index contributed by atoms with van der Waals surface area (Å²) in [6.45, 7) is 4.74. The molecule has 0 bridgehead atoms. The van der Waals surface area contributed by atoms with E-state index in [-0.39, 0.29) is 5.41 Å². The Morgan fingerprint density at radius 2 is 0.864 bits per heavy atom. The summed E-state index contributed by atoms with van der Waals surface area (Å²) in [6.07, 6.45) is 0. The third-order valence-electron chi connectivity index (χ3n) is 12.9. The fraction of sp³-hybridized carbons (Fsp3) is 0.0526. The van der Waals surface area contributed by atoms with Crippen molar-refractivity contribution in [2.75, 3.05) is 0 Å². The van der Waals surface area contributed by atoms with Crippen LogP contribution in [0, 0.1) is 0 Å². The van der Waals surface area contributed by atoms with E-state index in [0.29, 0.717) is 5.82 Å². The molecule has 0 aliphatic heterocycles. The van der Waals surface area contributed by atoms with Gasteiger partial charge in [0.2, 0.25) is 0 Å². The first-order chi connectivity index (χ1) is 29.0. The Hall–Kier alpha value is -7.42. The first-order valence-corrected chi connectivity index (χ1v) is 20.5. The summed E-state index contributed by atoms with van der Waals surface area (Å²) in [4.78, 5) is 10.6. The smallest absolute Gasteiger partial charge is 0.160 e. The van der Waals surface area contributed by atoms with Crippen molar-refractivity contribution in [2.45, 2.75) is 19.3 Å². The van der Waals surface area contributed by atoms with E-state index in [9.17, 15) is 0 Å². The highest BCUT2D eigenvalue weighted by molar-refractivity contribution is 6.25. The summed E-state index contributed by atoms with van der Waals surface area (Å²) >= 11 is 0. The molecule has 0 amide bonds. The second kappa shape index (κ2) is 12.8. The van der Waals surface area contributed by atoms with Gasteiger partial charge in [0.15, 0.2) is 5.82 Å². The third-order valence-corrected chi connectivity index (χ3v) is 12.9. The lowest BCUT2D eigenvalue weighted by molar-refractivity contribution is 0.661. The van der Waals surface area contributed by atoms with E-state index in [4.69, 9.17) is 9.97 Å². The first-order valence-electron chi connectivity index (χ1n) is 20.5. The van der Waals surface area contributed by atoms with Crippen LogP contribution in [-0.4, -0.2) is 9.97 Å². The maximum Gasteiger partial charge on any atom is 0.160 e. The monoisotopic (exact) mass is 750 g/mol. The van der Waals surface area contributed by atoms with Crippen molar-refractivity contribution in [3.05, 3.63) is 205 Å². The van der Waals surface area contributed by atoms with E-state index in [1.54, 1.807) is 0 Å². The summed E-state index contributed by atoms with van der Waals surface area (Å²) in [5.41, 5.74) is 12.7. The molecule has 0 fully saturated rings. The standard InChI is InChI=1S/C57H38N2/c1-57(2)51-31-26-35-14-6-7-17-40(35)55(51)49-28-24-37(33-52(49)57)39-29-30-48(45-22-12-8-18-41(39)45)54-34-53(58-56(59-54)36-15-4-3-5-16-36)38-25-27-47-44-21-10-9-19-42(44)43-20-11-13-23-46(43)50(47)32-38/h3-34H,1-2H3. The van der Waals surface area contributed by atoms with Gasteiger partial charge in [-0.25, -0.2) is 9.97 Å². The molecular formula is C57H38N2. The molecule has 10 aromatic carbocycles.